The van der Waals surface area contributed by atoms with Crippen molar-refractivity contribution < 1.29 is 4.79 Å². The van der Waals surface area contributed by atoms with Crippen molar-refractivity contribution >= 4 is 23.6 Å². The second-order valence-electron chi connectivity index (χ2n) is 2.73. The summed E-state index contributed by atoms with van der Waals surface area (Å²) >= 11 is 5.86. The van der Waals surface area contributed by atoms with Gasteiger partial charge in [0.25, 0.3) is 0 Å². The van der Waals surface area contributed by atoms with Crippen molar-refractivity contribution in [3.63, 3.8) is 0 Å². The van der Waals surface area contributed by atoms with Crippen molar-refractivity contribution in [2.45, 2.75) is 13.8 Å². The highest BCUT2D eigenvalue weighted by Gasteiger charge is 2.07. The van der Waals surface area contributed by atoms with Crippen LogP contribution in [0.1, 0.15) is 21.5 Å². The van der Waals surface area contributed by atoms with E-state index in [1.54, 1.807) is 6.07 Å². The Morgan fingerprint density at radius 3 is 2.50 bits per heavy atom. The Hall–Kier alpha value is -1.02. The molecule has 1 rings (SSSR count). The monoisotopic (exact) mass is 183 g/mol. The number of halogens is 1. The molecule has 0 aromatic heterocycles. The number of aldehydes is 1. The van der Waals surface area contributed by atoms with Crippen LogP contribution in [0.3, 0.4) is 0 Å². The summed E-state index contributed by atoms with van der Waals surface area (Å²) in [4.78, 5) is 10.5. The molecular formula is C9H10ClNO. The third kappa shape index (κ3) is 1.30. The first kappa shape index (κ1) is 9.07. The lowest BCUT2D eigenvalue weighted by Crippen LogP contribution is -1.98. The van der Waals surface area contributed by atoms with Gasteiger partial charge in [0.15, 0.2) is 6.29 Å². The van der Waals surface area contributed by atoms with Gasteiger partial charge in [-0.1, -0.05) is 11.6 Å². The molecule has 0 spiro atoms. The molecule has 3 heteroatoms. The van der Waals surface area contributed by atoms with E-state index in [-0.39, 0.29) is 0 Å². The van der Waals surface area contributed by atoms with Crippen LogP contribution >= 0.6 is 11.6 Å². The van der Waals surface area contributed by atoms with Crippen LogP contribution in [-0.4, -0.2) is 6.29 Å². The molecule has 2 N–H and O–H groups in total. The minimum atomic E-state index is 0.461. The Bertz CT molecular complexity index is 334. The van der Waals surface area contributed by atoms with Gasteiger partial charge in [-0.2, -0.15) is 0 Å². The van der Waals surface area contributed by atoms with Gasteiger partial charge in [0.2, 0.25) is 0 Å². The molecule has 2 nitrogen and oxygen atoms in total. The summed E-state index contributed by atoms with van der Waals surface area (Å²) in [6.07, 6.45) is 0.716. The predicted molar refractivity (Wildman–Crippen MR) is 50.7 cm³/mol. The molecule has 0 atom stereocenters. The lowest BCUT2D eigenvalue weighted by atomic mass is 10.0. The van der Waals surface area contributed by atoms with Gasteiger partial charge in [0, 0.05) is 16.3 Å². The number of nitrogen functional groups attached to an aromatic ring is 1. The zero-order chi connectivity index (χ0) is 9.30. The van der Waals surface area contributed by atoms with Crippen LogP contribution in [0, 0.1) is 13.8 Å². The van der Waals surface area contributed by atoms with Gasteiger partial charge in [0.05, 0.1) is 0 Å². The highest BCUT2D eigenvalue weighted by molar-refractivity contribution is 6.31. The van der Waals surface area contributed by atoms with E-state index in [0.29, 0.717) is 22.6 Å². The van der Waals surface area contributed by atoms with Crippen molar-refractivity contribution in [2.24, 2.45) is 0 Å². The van der Waals surface area contributed by atoms with E-state index >= 15 is 0 Å². The van der Waals surface area contributed by atoms with Gasteiger partial charge >= 0.3 is 0 Å². The highest BCUT2D eigenvalue weighted by Crippen LogP contribution is 2.26. The summed E-state index contributed by atoms with van der Waals surface area (Å²) < 4.78 is 0. The lowest BCUT2D eigenvalue weighted by molar-refractivity contribution is 0.112. The summed E-state index contributed by atoms with van der Waals surface area (Å²) in [6, 6.07) is 1.59. The number of carbonyl (C=O) groups is 1. The quantitative estimate of drug-likeness (QED) is 0.537. The standard InChI is InChI=1S/C9H10ClNO/c1-5-6(2)9(11)7(4-12)3-8(5)10/h3-4H,11H2,1-2H3. The predicted octanol–water partition coefficient (Wildman–Crippen LogP) is 2.35. The van der Waals surface area contributed by atoms with Crippen molar-refractivity contribution in [1.29, 1.82) is 0 Å². The Morgan fingerprint density at radius 1 is 1.42 bits per heavy atom. The van der Waals surface area contributed by atoms with Crippen molar-refractivity contribution in [1.82, 2.24) is 0 Å². The fourth-order valence-corrected chi connectivity index (χ4v) is 1.28. The highest BCUT2D eigenvalue weighted by atomic mass is 35.5. The topological polar surface area (TPSA) is 43.1 Å². The SMILES string of the molecule is Cc1c(Cl)cc(C=O)c(N)c1C. The van der Waals surface area contributed by atoms with Crippen LogP contribution in [0.4, 0.5) is 5.69 Å². The molecule has 0 radical (unpaired) electrons. The molecule has 0 aliphatic carbocycles. The zero-order valence-electron chi connectivity index (χ0n) is 7.02. The maximum atomic E-state index is 10.5. The smallest absolute Gasteiger partial charge is 0.152 e. The molecule has 0 unspecified atom stereocenters. The molecule has 0 aliphatic rings. The van der Waals surface area contributed by atoms with Gasteiger partial charge in [-0.25, -0.2) is 0 Å². The molecule has 1 aromatic carbocycles. The number of anilines is 1. The van der Waals surface area contributed by atoms with E-state index < -0.39 is 0 Å². The van der Waals surface area contributed by atoms with Gasteiger partial charge < -0.3 is 5.73 Å². The Kier molecular flexibility index (Phi) is 2.38. The number of rotatable bonds is 1. The number of hydrogen-bond acceptors (Lipinski definition) is 2. The van der Waals surface area contributed by atoms with Crippen LogP contribution in [-0.2, 0) is 0 Å². The van der Waals surface area contributed by atoms with Crippen molar-refractivity contribution in [2.75, 3.05) is 5.73 Å². The third-order valence-corrected chi connectivity index (χ3v) is 2.44. The maximum Gasteiger partial charge on any atom is 0.152 e. The van der Waals surface area contributed by atoms with E-state index in [2.05, 4.69) is 0 Å². The average Bonchev–Trinajstić information content (AvgIpc) is 2.08. The Morgan fingerprint density at radius 2 is 2.00 bits per heavy atom. The molecule has 0 saturated carbocycles. The molecule has 1 aromatic rings. The number of hydrogen-bond donors (Lipinski definition) is 1. The minimum absolute atomic E-state index is 0.461. The molecule has 0 aliphatic heterocycles. The van der Waals surface area contributed by atoms with Crippen molar-refractivity contribution in [3.05, 3.63) is 27.8 Å². The summed E-state index contributed by atoms with van der Waals surface area (Å²) in [6.45, 7) is 3.73. The average molecular weight is 184 g/mol. The van der Waals surface area contributed by atoms with E-state index in [0.717, 1.165) is 11.1 Å². The molecule has 0 saturated heterocycles. The first-order valence-corrected chi connectivity index (χ1v) is 3.96. The molecular weight excluding hydrogens is 174 g/mol. The van der Waals surface area contributed by atoms with Crippen LogP contribution in [0.2, 0.25) is 5.02 Å². The van der Waals surface area contributed by atoms with Crippen LogP contribution in [0.15, 0.2) is 6.07 Å². The van der Waals surface area contributed by atoms with E-state index in [1.165, 1.54) is 0 Å². The summed E-state index contributed by atoms with van der Waals surface area (Å²) in [5, 5.41) is 0.587. The fourth-order valence-electron chi connectivity index (χ4n) is 1.02. The third-order valence-electron chi connectivity index (χ3n) is 2.04. The van der Waals surface area contributed by atoms with E-state index in [4.69, 9.17) is 17.3 Å². The second kappa shape index (κ2) is 3.15. The molecule has 12 heavy (non-hydrogen) atoms. The molecule has 64 valence electrons. The number of nitrogens with two attached hydrogens (primary N) is 1. The van der Waals surface area contributed by atoms with Crippen LogP contribution in [0.5, 0.6) is 0 Å². The Labute approximate surface area is 76.3 Å². The summed E-state index contributed by atoms with van der Waals surface area (Å²) in [5.74, 6) is 0. The fraction of sp³-hybridized carbons (Fsp3) is 0.222. The molecule has 0 heterocycles. The first-order valence-electron chi connectivity index (χ1n) is 3.58. The van der Waals surface area contributed by atoms with Crippen LogP contribution < -0.4 is 5.73 Å². The second-order valence-corrected chi connectivity index (χ2v) is 3.14. The Balaban J connectivity index is 3.49. The van der Waals surface area contributed by atoms with E-state index in [1.807, 2.05) is 13.8 Å². The molecule has 0 amide bonds. The summed E-state index contributed by atoms with van der Waals surface area (Å²) in [7, 11) is 0. The zero-order valence-corrected chi connectivity index (χ0v) is 7.77. The van der Waals surface area contributed by atoms with Crippen LogP contribution in [0.25, 0.3) is 0 Å². The maximum absolute atomic E-state index is 10.5. The largest absolute Gasteiger partial charge is 0.398 e. The lowest BCUT2D eigenvalue weighted by Gasteiger charge is -2.08. The number of benzene rings is 1. The van der Waals surface area contributed by atoms with Gasteiger partial charge in [-0.05, 0) is 31.0 Å². The normalized spacial score (nSPS) is 9.92. The van der Waals surface area contributed by atoms with Crippen molar-refractivity contribution in [3.8, 4) is 0 Å². The first-order chi connectivity index (χ1) is 5.57. The number of carbonyl (C=O) groups excluding carboxylic acids is 1. The minimum Gasteiger partial charge on any atom is -0.398 e. The molecule has 0 fully saturated rings. The molecule has 0 bridgehead atoms. The van der Waals surface area contributed by atoms with Gasteiger partial charge in [-0.15, -0.1) is 0 Å². The summed E-state index contributed by atoms with van der Waals surface area (Å²) in [5.41, 5.74) is 8.46. The van der Waals surface area contributed by atoms with E-state index in [9.17, 15) is 4.79 Å². The van der Waals surface area contributed by atoms with Gasteiger partial charge in [0.1, 0.15) is 0 Å². The van der Waals surface area contributed by atoms with Gasteiger partial charge in [-0.3, -0.25) is 4.79 Å².